The molecule has 0 aliphatic heterocycles. The van der Waals surface area contributed by atoms with Crippen LogP contribution in [0.3, 0.4) is 0 Å². The second-order valence-electron chi connectivity index (χ2n) is 4.19. The number of hydrogen-bond acceptors (Lipinski definition) is 1. The van der Waals surface area contributed by atoms with Gasteiger partial charge in [-0.2, -0.15) is 0 Å². The molecule has 66 valence electrons. The van der Waals surface area contributed by atoms with Crippen molar-refractivity contribution in [3.63, 3.8) is 0 Å². The molecule has 0 unspecified atom stereocenters. The molecule has 0 saturated carbocycles. The lowest BCUT2D eigenvalue weighted by Crippen LogP contribution is -2.10. The molecule has 0 amide bonds. The topological polar surface area (TPSA) is 12.9 Å². The number of rotatable bonds is 1. The summed E-state index contributed by atoms with van der Waals surface area (Å²) in [5, 5.41) is 0. The minimum absolute atomic E-state index is 0.350. The Balaban J connectivity index is 2.83. The molecule has 0 fully saturated rings. The van der Waals surface area contributed by atoms with Crippen molar-refractivity contribution in [2.75, 3.05) is 0 Å². The SMILES string of the molecule is CC(C)(C)Cc1cccnc1I. The van der Waals surface area contributed by atoms with Gasteiger partial charge in [0.15, 0.2) is 0 Å². The maximum absolute atomic E-state index is 4.25. The predicted molar refractivity (Wildman–Crippen MR) is 60.1 cm³/mol. The molecular weight excluding hydrogens is 261 g/mol. The molecule has 0 atom stereocenters. The normalized spacial score (nSPS) is 11.7. The molecule has 0 spiro atoms. The van der Waals surface area contributed by atoms with Crippen LogP contribution in [0, 0.1) is 9.12 Å². The Kier molecular flexibility index (Phi) is 3.09. The van der Waals surface area contributed by atoms with Crippen molar-refractivity contribution in [2.45, 2.75) is 27.2 Å². The van der Waals surface area contributed by atoms with E-state index in [1.807, 2.05) is 12.3 Å². The van der Waals surface area contributed by atoms with Crippen LogP contribution in [-0.4, -0.2) is 4.98 Å². The third kappa shape index (κ3) is 3.09. The van der Waals surface area contributed by atoms with Crippen LogP contribution in [0.5, 0.6) is 0 Å². The standard InChI is InChI=1S/C10H14IN/c1-10(2,3)7-8-5-4-6-12-9(8)11/h4-6H,7H2,1-3H3. The molecule has 0 radical (unpaired) electrons. The lowest BCUT2D eigenvalue weighted by Gasteiger charge is -2.18. The van der Waals surface area contributed by atoms with Crippen LogP contribution in [0.15, 0.2) is 18.3 Å². The van der Waals surface area contributed by atoms with E-state index in [9.17, 15) is 0 Å². The summed E-state index contributed by atoms with van der Waals surface area (Å²) in [6.45, 7) is 6.74. The fraction of sp³-hybridized carbons (Fsp3) is 0.500. The van der Waals surface area contributed by atoms with E-state index < -0.39 is 0 Å². The number of nitrogens with zero attached hydrogens (tertiary/aromatic N) is 1. The monoisotopic (exact) mass is 275 g/mol. The summed E-state index contributed by atoms with van der Waals surface area (Å²) in [6.07, 6.45) is 2.94. The van der Waals surface area contributed by atoms with Gasteiger partial charge in [0.05, 0.1) is 0 Å². The minimum Gasteiger partial charge on any atom is -0.250 e. The fourth-order valence-corrected chi connectivity index (χ4v) is 1.65. The first kappa shape index (κ1) is 9.96. The van der Waals surface area contributed by atoms with E-state index in [0.29, 0.717) is 5.41 Å². The first-order valence-corrected chi connectivity index (χ1v) is 5.16. The van der Waals surface area contributed by atoms with E-state index in [1.165, 1.54) is 5.56 Å². The highest BCUT2D eigenvalue weighted by Gasteiger charge is 2.12. The molecule has 12 heavy (non-hydrogen) atoms. The zero-order valence-electron chi connectivity index (χ0n) is 7.76. The summed E-state index contributed by atoms with van der Waals surface area (Å²) in [5.74, 6) is 0. The van der Waals surface area contributed by atoms with Gasteiger partial charge in [0.1, 0.15) is 3.70 Å². The zero-order valence-corrected chi connectivity index (χ0v) is 9.92. The number of halogens is 1. The smallest absolute Gasteiger partial charge is 0.104 e. The second kappa shape index (κ2) is 3.73. The van der Waals surface area contributed by atoms with Crippen molar-refractivity contribution in [3.05, 3.63) is 27.6 Å². The Labute approximate surface area is 87.7 Å². The van der Waals surface area contributed by atoms with Gasteiger partial charge in [0, 0.05) is 6.20 Å². The molecule has 1 nitrogen and oxygen atoms in total. The predicted octanol–water partition coefficient (Wildman–Crippen LogP) is 3.27. The van der Waals surface area contributed by atoms with Gasteiger partial charge in [-0.25, -0.2) is 0 Å². The van der Waals surface area contributed by atoms with E-state index in [0.717, 1.165) is 10.1 Å². The quantitative estimate of drug-likeness (QED) is 0.566. The van der Waals surface area contributed by atoms with Gasteiger partial charge in [-0.1, -0.05) is 26.8 Å². The molecule has 1 aromatic heterocycles. The molecule has 1 aromatic rings. The number of pyridine rings is 1. The Hall–Kier alpha value is -0.120. The summed E-state index contributed by atoms with van der Waals surface area (Å²) in [6, 6.07) is 4.16. The molecule has 2 heteroatoms. The van der Waals surface area contributed by atoms with Crippen molar-refractivity contribution in [3.8, 4) is 0 Å². The number of hydrogen-bond donors (Lipinski definition) is 0. The van der Waals surface area contributed by atoms with E-state index in [4.69, 9.17) is 0 Å². The molecule has 0 aliphatic carbocycles. The minimum atomic E-state index is 0.350. The Morgan fingerprint density at radius 1 is 1.42 bits per heavy atom. The lowest BCUT2D eigenvalue weighted by atomic mass is 9.89. The van der Waals surface area contributed by atoms with Crippen LogP contribution in [0.1, 0.15) is 26.3 Å². The van der Waals surface area contributed by atoms with E-state index in [2.05, 4.69) is 54.4 Å². The Morgan fingerprint density at radius 3 is 2.58 bits per heavy atom. The maximum atomic E-state index is 4.25. The molecule has 0 aromatic carbocycles. The van der Waals surface area contributed by atoms with Gasteiger partial charge in [-0.15, -0.1) is 0 Å². The summed E-state index contributed by atoms with van der Waals surface area (Å²) < 4.78 is 1.13. The highest BCUT2D eigenvalue weighted by molar-refractivity contribution is 14.1. The van der Waals surface area contributed by atoms with Crippen LogP contribution in [0.25, 0.3) is 0 Å². The van der Waals surface area contributed by atoms with E-state index >= 15 is 0 Å². The highest BCUT2D eigenvalue weighted by Crippen LogP contribution is 2.22. The van der Waals surface area contributed by atoms with Crippen molar-refractivity contribution in [1.29, 1.82) is 0 Å². The second-order valence-corrected chi connectivity index (χ2v) is 5.21. The molecular formula is C10H14IN. The third-order valence-corrected chi connectivity index (χ3v) is 2.53. The van der Waals surface area contributed by atoms with Crippen LogP contribution in [0.2, 0.25) is 0 Å². The van der Waals surface area contributed by atoms with Crippen LogP contribution in [0.4, 0.5) is 0 Å². The molecule has 0 saturated heterocycles. The van der Waals surface area contributed by atoms with Crippen LogP contribution < -0.4 is 0 Å². The Morgan fingerprint density at radius 2 is 2.08 bits per heavy atom. The van der Waals surface area contributed by atoms with Crippen molar-refractivity contribution >= 4 is 22.6 Å². The average Bonchev–Trinajstić information content (AvgIpc) is 1.91. The summed E-state index contributed by atoms with van der Waals surface area (Å²) >= 11 is 2.29. The first-order chi connectivity index (χ1) is 5.49. The summed E-state index contributed by atoms with van der Waals surface area (Å²) in [4.78, 5) is 4.25. The third-order valence-electron chi connectivity index (χ3n) is 1.56. The van der Waals surface area contributed by atoms with Gasteiger partial charge >= 0.3 is 0 Å². The van der Waals surface area contributed by atoms with E-state index in [1.54, 1.807) is 0 Å². The van der Waals surface area contributed by atoms with Gasteiger partial charge in [0.25, 0.3) is 0 Å². The fourth-order valence-electron chi connectivity index (χ4n) is 1.12. The van der Waals surface area contributed by atoms with E-state index in [-0.39, 0.29) is 0 Å². The average molecular weight is 275 g/mol. The molecule has 0 bridgehead atoms. The number of aromatic nitrogens is 1. The van der Waals surface area contributed by atoms with Crippen LogP contribution in [-0.2, 0) is 6.42 Å². The largest absolute Gasteiger partial charge is 0.250 e. The summed E-state index contributed by atoms with van der Waals surface area (Å²) in [5.41, 5.74) is 1.70. The molecule has 1 rings (SSSR count). The molecule has 0 N–H and O–H groups in total. The maximum Gasteiger partial charge on any atom is 0.104 e. The van der Waals surface area contributed by atoms with Crippen LogP contribution >= 0.6 is 22.6 Å². The van der Waals surface area contributed by atoms with Crippen molar-refractivity contribution in [1.82, 2.24) is 4.98 Å². The first-order valence-electron chi connectivity index (χ1n) is 4.08. The zero-order chi connectivity index (χ0) is 9.19. The summed E-state index contributed by atoms with van der Waals surface area (Å²) in [7, 11) is 0. The molecule has 1 heterocycles. The van der Waals surface area contributed by atoms with Gasteiger partial charge in [-0.05, 0) is 46.1 Å². The van der Waals surface area contributed by atoms with Crippen molar-refractivity contribution < 1.29 is 0 Å². The van der Waals surface area contributed by atoms with Gasteiger partial charge in [-0.3, -0.25) is 4.98 Å². The van der Waals surface area contributed by atoms with Gasteiger partial charge < -0.3 is 0 Å². The lowest BCUT2D eigenvalue weighted by molar-refractivity contribution is 0.410. The molecule has 0 aliphatic rings. The van der Waals surface area contributed by atoms with Crippen molar-refractivity contribution in [2.24, 2.45) is 5.41 Å². The highest BCUT2D eigenvalue weighted by atomic mass is 127. The Bertz CT molecular complexity index is 263. The van der Waals surface area contributed by atoms with Gasteiger partial charge in [0.2, 0.25) is 0 Å².